The largest absolute Gasteiger partial charge is 0.486 e. The maximum absolute atomic E-state index is 14.6. The minimum atomic E-state index is -0.468. The minimum absolute atomic E-state index is 0.0495. The summed E-state index contributed by atoms with van der Waals surface area (Å²) in [6.45, 7) is 4.66. The molecule has 192 valence electrons. The molecular formula is C30H27FN4O3. The van der Waals surface area contributed by atoms with Crippen molar-refractivity contribution in [3.63, 3.8) is 0 Å². The van der Waals surface area contributed by atoms with Crippen LogP contribution in [0, 0.1) is 5.82 Å². The predicted molar refractivity (Wildman–Crippen MR) is 146 cm³/mol. The zero-order chi connectivity index (χ0) is 25.9. The third kappa shape index (κ3) is 4.82. The average Bonchev–Trinajstić information content (AvgIpc) is 2.96. The van der Waals surface area contributed by atoms with E-state index in [9.17, 15) is 9.18 Å². The molecule has 2 aromatic heterocycles. The van der Waals surface area contributed by atoms with Crippen LogP contribution in [0.2, 0.25) is 0 Å². The summed E-state index contributed by atoms with van der Waals surface area (Å²) in [6.07, 6.45) is 2.56. The van der Waals surface area contributed by atoms with E-state index in [2.05, 4.69) is 14.8 Å². The Morgan fingerprint density at radius 2 is 1.63 bits per heavy atom. The fourth-order valence-corrected chi connectivity index (χ4v) is 4.84. The monoisotopic (exact) mass is 510 g/mol. The van der Waals surface area contributed by atoms with Gasteiger partial charge in [0, 0.05) is 32.7 Å². The fraction of sp³-hybridized carbons (Fsp3) is 0.233. The molecule has 0 atom stereocenters. The van der Waals surface area contributed by atoms with E-state index in [-0.39, 0.29) is 22.5 Å². The van der Waals surface area contributed by atoms with Crippen molar-refractivity contribution in [1.82, 2.24) is 14.9 Å². The lowest BCUT2D eigenvalue weighted by Crippen LogP contribution is -2.47. The lowest BCUT2D eigenvalue weighted by Gasteiger charge is -2.35. The van der Waals surface area contributed by atoms with Crippen LogP contribution < -0.4 is 15.1 Å². The SMILES string of the molecule is O=c1c(OCCCN2CCN(c3cnc4ccccc4n3)CC2)c(-c2ccccc2F)oc2ccccc12. The molecule has 0 bridgehead atoms. The number of nitrogens with zero attached hydrogens (tertiary/aromatic N) is 4. The van der Waals surface area contributed by atoms with Crippen LogP contribution in [0.15, 0.2) is 88.2 Å². The molecule has 0 N–H and O–H groups in total. The second-order valence-electron chi connectivity index (χ2n) is 9.31. The summed E-state index contributed by atoms with van der Waals surface area (Å²) in [5.41, 5.74) is 2.11. The summed E-state index contributed by atoms with van der Waals surface area (Å²) in [5, 5.41) is 0.413. The van der Waals surface area contributed by atoms with E-state index in [1.165, 1.54) is 6.07 Å². The third-order valence-electron chi connectivity index (χ3n) is 6.87. The van der Waals surface area contributed by atoms with Crippen LogP contribution >= 0.6 is 0 Å². The number of aromatic nitrogens is 2. The highest BCUT2D eigenvalue weighted by Gasteiger charge is 2.21. The number of ether oxygens (including phenoxy) is 1. The van der Waals surface area contributed by atoms with Crippen LogP contribution in [-0.2, 0) is 0 Å². The molecule has 0 aliphatic carbocycles. The molecule has 0 amide bonds. The molecule has 1 fully saturated rings. The third-order valence-corrected chi connectivity index (χ3v) is 6.87. The number of rotatable bonds is 7. The van der Waals surface area contributed by atoms with Gasteiger partial charge in [-0.2, -0.15) is 0 Å². The van der Waals surface area contributed by atoms with E-state index < -0.39 is 5.82 Å². The van der Waals surface area contributed by atoms with Gasteiger partial charge in [0.15, 0.2) is 5.76 Å². The van der Waals surface area contributed by atoms with Crippen LogP contribution in [0.1, 0.15) is 6.42 Å². The second-order valence-corrected chi connectivity index (χ2v) is 9.31. The first kappa shape index (κ1) is 24.1. The van der Waals surface area contributed by atoms with Gasteiger partial charge in [0.1, 0.15) is 17.2 Å². The first-order chi connectivity index (χ1) is 18.7. The zero-order valence-electron chi connectivity index (χ0n) is 20.8. The van der Waals surface area contributed by atoms with E-state index >= 15 is 0 Å². The van der Waals surface area contributed by atoms with E-state index in [1.807, 2.05) is 30.5 Å². The Balaban J connectivity index is 1.10. The van der Waals surface area contributed by atoms with Crippen molar-refractivity contribution >= 4 is 27.8 Å². The normalized spacial score (nSPS) is 14.3. The van der Waals surface area contributed by atoms with E-state index in [4.69, 9.17) is 14.1 Å². The summed E-state index contributed by atoms with van der Waals surface area (Å²) in [4.78, 5) is 27.2. The molecule has 1 aliphatic heterocycles. The molecule has 0 radical (unpaired) electrons. The number of para-hydroxylation sites is 3. The van der Waals surface area contributed by atoms with Crippen LogP contribution in [0.25, 0.3) is 33.3 Å². The maximum atomic E-state index is 14.6. The van der Waals surface area contributed by atoms with E-state index in [0.29, 0.717) is 17.6 Å². The Morgan fingerprint density at radius 3 is 2.47 bits per heavy atom. The Hall–Kier alpha value is -4.30. The first-order valence-corrected chi connectivity index (χ1v) is 12.8. The number of hydrogen-bond acceptors (Lipinski definition) is 7. The molecule has 7 nitrogen and oxygen atoms in total. The standard InChI is InChI=1S/C30H27FN4O3/c31-23-10-3-1-8-21(23)29-30(28(36)22-9-2-6-13-26(22)38-29)37-19-7-14-34-15-17-35(18-16-34)27-20-32-24-11-4-5-12-25(24)33-27/h1-6,8-13,20H,7,14-19H2. The number of benzene rings is 3. The smallest absolute Gasteiger partial charge is 0.235 e. The van der Waals surface area contributed by atoms with Gasteiger partial charge in [-0.05, 0) is 42.8 Å². The Bertz CT molecular complexity index is 1650. The highest BCUT2D eigenvalue weighted by atomic mass is 19.1. The molecule has 1 aliphatic rings. The van der Waals surface area contributed by atoms with Crippen molar-refractivity contribution in [2.45, 2.75) is 6.42 Å². The Morgan fingerprint density at radius 1 is 0.895 bits per heavy atom. The van der Waals surface area contributed by atoms with Crippen molar-refractivity contribution < 1.29 is 13.5 Å². The summed E-state index contributed by atoms with van der Waals surface area (Å²) in [5.74, 6) is 0.602. The molecule has 6 rings (SSSR count). The summed E-state index contributed by atoms with van der Waals surface area (Å²) in [7, 11) is 0. The van der Waals surface area contributed by atoms with Gasteiger partial charge in [0.05, 0.1) is 34.8 Å². The molecule has 0 saturated carbocycles. The number of anilines is 1. The zero-order valence-corrected chi connectivity index (χ0v) is 20.8. The minimum Gasteiger partial charge on any atom is -0.486 e. The van der Waals surface area contributed by atoms with Gasteiger partial charge >= 0.3 is 0 Å². The molecule has 38 heavy (non-hydrogen) atoms. The topological polar surface area (TPSA) is 71.7 Å². The maximum Gasteiger partial charge on any atom is 0.235 e. The molecule has 3 heterocycles. The molecule has 0 unspecified atom stereocenters. The number of piperazine rings is 1. The van der Waals surface area contributed by atoms with Gasteiger partial charge in [-0.15, -0.1) is 0 Å². The average molecular weight is 511 g/mol. The van der Waals surface area contributed by atoms with Gasteiger partial charge in [0.2, 0.25) is 11.2 Å². The van der Waals surface area contributed by atoms with Crippen molar-refractivity contribution in [2.75, 3.05) is 44.2 Å². The Labute approximate surface area is 219 Å². The molecular weight excluding hydrogens is 483 g/mol. The van der Waals surface area contributed by atoms with Gasteiger partial charge in [-0.3, -0.25) is 14.7 Å². The van der Waals surface area contributed by atoms with E-state index in [1.54, 1.807) is 42.5 Å². The molecule has 3 aromatic carbocycles. The van der Waals surface area contributed by atoms with Crippen LogP contribution in [0.3, 0.4) is 0 Å². The predicted octanol–water partition coefficient (Wildman–Crippen LogP) is 5.13. The lowest BCUT2D eigenvalue weighted by atomic mass is 10.1. The highest BCUT2D eigenvalue weighted by molar-refractivity contribution is 5.82. The van der Waals surface area contributed by atoms with E-state index in [0.717, 1.165) is 56.0 Å². The van der Waals surface area contributed by atoms with Gasteiger partial charge in [-0.1, -0.05) is 36.4 Å². The van der Waals surface area contributed by atoms with Crippen molar-refractivity contribution in [3.05, 3.63) is 95.0 Å². The van der Waals surface area contributed by atoms with Crippen molar-refractivity contribution in [2.24, 2.45) is 0 Å². The van der Waals surface area contributed by atoms with Gasteiger partial charge in [-0.25, -0.2) is 9.37 Å². The fourth-order valence-electron chi connectivity index (χ4n) is 4.84. The summed E-state index contributed by atoms with van der Waals surface area (Å²) < 4.78 is 26.6. The molecule has 0 spiro atoms. The Kier molecular flexibility index (Phi) is 6.71. The van der Waals surface area contributed by atoms with Gasteiger partial charge in [0.25, 0.3) is 0 Å². The molecule has 5 aromatic rings. The number of hydrogen-bond donors (Lipinski definition) is 0. The van der Waals surface area contributed by atoms with Crippen molar-refractivity contribution in [3.8, 4) is 17.1 Å². The van der Waals surface area contributed by atoms with Gasteiger partial charge < -0.3 is 14.1 Å². The van der Waals surface area contributed by atoms with Crippen LogP contribution in [-0.4, -0.2) is 54.2 Å². The molecule has 1 saturated heterocycles. The summed E-state index contributed by atoms with van der Waals surface area (Å²) >= 11 is 0. The van der Waals surface area contributed by atoms with Crippen LogP contribution in [0.5, 0.6) is 5.75 Å². The lowest BCUT2D eigenvalue weighted by molar-refractivity contribution is 0.223. The molecule has 8 heteroatoms. The van der Waals surface area contributed by atoms with Crippen molar-refractivity contribution in [1.29, 1.82) is 0 Å². The van der Waals surface area contributed by atoms with Crippen LogP contribution in [0.4, 0.5) is 10.2 Å². The number of fused-ring (bicyclic) bond motifs is 2. The quantitative estimate of drug-likeness (QED) is 0.281. The highest BCUT2D eigenvalue weighted by Crippen LogP contribution is 2.32. The summed E-state index contributed by atoms with van der Waals surface area (Å²) in [6, 6.07) is 21.1. The second kappa shape index (κ2) is 10.6. The number of halogens is 1. The first-order valence-electron chi connectivity index (χ1n) is 12.8.